The van der Waals surface area contributed by atoms with Crippen LogP contribution in [0.4, 0.5) is 0 Å². The molecule has 0 N–H and O–H groups in total. The predicted octanol–water partition coefficient (Wildman–Crippen LogP) is 3.69. The minimum atomic E-state index is 0.120. The van der Waals surface area contributed by atoms with Gasteiger partial charge in [0.2, 0.25) is 0 Å². The van der Waals surface area contributed by atoms with Crippen LogP contribution < -0.4 is 0 Å². The van der Waals surface area contributed by atoms with E-state index in [9.17, 15) is 4.79 Å². The lowest BCUT2D eigenvalue weighted by molar-refractivity contribution is 0.0856. The van der Waals surface area contributed by atoms with Crippen LogP contribution in [0.5, 0.6) is 0 Å². The Labute approximate surface area is 119 Å². The lowest BCUT2D eigenvalue weighted by atomic mass is 10.0. The molecule has 1 atom stereocenters. The van der Waals surface area contributed by atoms with E-state index in [0.717, 1.165) is 42.3 Å². The van der Waals surface area contributed by atoms with Crippen molar-refractivity contribution in [3.8, 4) is 0 Å². The number of Topliss-reactive ketones (excluding diaryl/α,β-unsaturated/α-hetero) is 1. The smallest absolute Gasteiger partial charge is 0.181 e. The number of aromatic nitrogens is 1. The average Bonchev–Trinajstić information content (AvgIpc) is 2.98. The van der Waals surface area contributed by atoms with Crippen molar-refractivity contribution in [2.75, 3.05) is 6.61 Å². The summed E-state index contributed by atoms with van der Waals surface area (Å²) in [6.45, 7) is 2.87. The molecule has 0 spiro atoms. The van der Waals surface area contributed by atoms with Crippen LogP contribution in [0.15, 0.2) is 30.3 Å². The third kappa shape index (κ3) is 2.73. The van der Waals surface area contributed by atoms with Gasteiger partial charge in [0.05, 0.1) is 11.6 Å². The van der Waals surface area contributed by atoms with Crippen molar-refractivity contribution < 1.29 is 9.53 Å². The molecule has 1 unspecified atom stereocenters. The van der Waals surface area contributed by atoms with Crippen molar-refractivity contribution in [1.29, 1.82) is 0 Å². The molecule has 3 nitrogen and oxygen atoms in total. The normalized spacial score (nSPS) is 18.6. The molecule has 1 aromatic heterocycles. The fraction of sp³-hybridized carbons (Fsp3) is 0.412. The Kier molecular flexibility index (Phi) is 3.79. The highest BCUT2D eigenvalue weighted by atomic mass is 16.5. The number of benzene rings is 1. The molecule has 3 rings (SSSR count). The van der Waals surface area contributed by atoms with E-state index in [2.05, 4.69) is 4.98 Å². The molecule has 1 fully saturated rings. The minimum absolute atomic E-state index is 0.120. The van der Waals surface area contributed by atoms with Crippen molar-refractivity contribution in [3.63, 3.8) is 0 Å². The summed E-state index contributed by atoms with van der Waals surface area (Å²) < 4.78 is 5.56. The molecule has 1 aliphatic heterocycles. The van der Waals surface area contributed by atoms with Crippen molar-refractivity contribution in [2.24, 2.45) is 0 Å². The van der Waals surface area contributed by atoms with Gasteiger partial charge >= 0.3 is 0 Å². The average molecular weight is 269 g/mol. The molecule has 1 aliphatic rings. The molecule has 0 amide bonds. The van der Waals surface area contributed by atoms with Crippen molar-refractivity contribution in [3.05, 3.63) is 41.6 Å². The molecular formula is C17H19NO2. The number of nitrogens with zero attached hydrogens (tertiary/aromatic N) is 1. The maximum atomic E-state index is 12.3. The van der Waals surface area contributed by atoms with Crippen LogP contribution in [-0.4, -0.2) is 23.5 Å². The molecule has 3 heteroatoms. The standard InChI is InChI=1S/C17H19NO2/c1-12-11-16(18-15-7-3-2-6-14(12)15)17(19)9-8-13-5-4-10-20-13/h2-3,6-7,11,13H,4-5,8-10H2,1H3. The zero-order valence-corrected chi connectivity index (χ0v) is 11.8. The van der Waals surface area contributed by atoms with E-state index in [1.165, 1.54) is 0 Å². The number of pyridine rings is 1. The highest BCUT2D eigenvalue weighted by Crippen LogP contribution is 2.21. The quantitative estimate of drug-likeness (QED) is 0.795. The van der Waals surface area contributed by atoms with Crippen LogP contribution in [0.2, 0.25) is 0 Å². The topological polar surface area (TPSA) is 39.2 Å². The largest absolute Gasteiger partial charge is 0.378 e. The van der Waals surface area contributed by atoms with Gasteiger partial charge in [-0.2, -0.15) is 0 Å². The molecule has 2 heterocycles. The second kappa shape index (κ2) is 5.71. The van der Waals surface area contributed by atoms with E-state index < -0.39 is 0 Å². The molecule has 20 heavy (non-hydrogen) atoms. The highest BCUT2D eigenvalue weighted by Gasteiger charge is 2.18. The van der Waals surface area contributed by atoms with Gasteiger partial charge in [-0.3, -0.25) is 4.79 Å². The number of rotatable bonds is 4. The van der Waals surface area contributed by atoms with Crippen LogP contribution in [0.3, 0.4) is 0 Å². The van der Waals surface area contributed by atoms with Crippen molar-refractivity contribution >= 4 is 16.7 Å². The number of fused-ring (bicyclic) bond motifs is 1. The maximum Gasteiger partial charge on any atom is 0.181 e. The first-order chi connectivity index (χ1) is 9.74. The number of para-hydroxylation sites is 1. The number of ether oxygens (including phenoxy) is 1. The Balaban J connectivity index is 1.77. The first kappa shape index (κ1) is 13.3. The maximum absolute atomic E-state index is 12.3. The number of carbonyl (C=O) groups excluding carboxylic acids is 1. The van der Waals surface area contributed by atoms with E-state index in [4.69, 9.17) is 4.74 Å². The molecule has 104 valence electrons. The Morgan fingerprint density at radius 3 is 3.05 bits per heavy atom. The van der Waals surface area contributed by atoms with Gasteiger partial charge in [-0.25, -0.2) is 4.98 Å². The summed E-state index contributed by atoms with van der Waals surface area (Å²) in [5.41, 5.74) is 2.59. The fourth-order valence-corrected chi connectivity index (χ4v) is 2.78. The molecule has 0 radical (unpaired) electrons. The SMILES string of the molecule is Cc1cc(C(=O)CCC2CCCO2)nc2ccccc12. The predicted molar refractivity (Wildman–Crippen MR) is 79.0 cm³/mol. The molecule has 2 aromatic rings. The highest BCUT2D eigenvalue weighted by molar-refractivity contribution is 5.97. The van der Waals surface area contributed by atoms with Crippen LogP contribution in [-0.2, 0) is 4.74 Å². The van der Waals surface area contributed by atoms with E-state index >= 15 is 0 Å². The Hall–Kier alpha value is -1.74. The summed E-state index contributed by atoms with van der Waals surface area (Å²) in [6, 6.07) is 9.85. The number of hydrogen-bond donors (Lipinski definition) is 0. The first-order valence-corrected chi connectivity index (χ1v) is 7.25. The van der Waals surface area contributed by atoms with E-state index in [0.29, 0.717) is 12.1 Å². The molecule has 0 aliphatic carbocycles. The van der Waals surface area contributed by atoms with Crippen LogP contribution >= 0.6 is 0 Å². The number of hydrogen-bond acceptors (Lipinski definition) is 3. The third-order valence-electron chi connectivity index (χ3n) is 3.93. The Bertz CT molecular complexity index is 630. The van der Waals surface area contributed by atoms with Crippen LogP contribution in [0.1, 0.15) is 41.7 Å². The second-order valence-electron chi connectivity index (χ2n) is 5.44. The number of ketones is 1. The van der Waals surface area contributed by atoms with E-state index in [-0.39, 0.29) is 11.9 Å². The van der Waals surface area contributed by atoms with Crippen molar-refractivity contribution in [2.45, 2.75) is 38.7 Å². The lowest BCUT2D eigenvalue weighted by Crippen LogP contribution is -2.10. The number of aryl methyl sites for hydroxylation is 1. The summed E-state index contributed by atoms with van der Waals surface area (Å²) in [6.07, 6.45) is 3.80. The molecule has 0 saturated carbocycles. The van der Waals surface area contributed by atoms with Crippen LogP contribution in [0, 0.1) is 6.92 Å². The summed E-state index contributed by atoms with van der Waals surface area (Å²) in [4.78, 5) is 16.8. The molecular weight excluding hydrogens is 250 g/mol. The summed E-state index contributed by atoms with van der Waals surface area (Å²) >= 11 is 0. The van der Waals surface area contributed by atoms with Gasteiger partial charge < -0.3 is 4.74 Å². The fourth-order valence-electron chi connectivity index (χ4n) is 2.78. The summed E-state index contributed by atoms with van der Waals surface area (Å²) in [5, 5.41) is 1.11. The second-order valence-corrected chi connectivity index (χ2v) is 5.44. The molecule has 0 bridgehead atoms. The number of carbonyl (C=O) groups is 1. The van der Waals surface area contributed by atoms with Gasteiger partial charge in [0.25, 0.3) is 0 Å². The van der Waals surface area contributed by atoms with Gasteiger partial charge in [0.1, 0.15) is 5.69 Å². The Morgan fingerprint density at radius 2 is 2.25 bits per heavy atom. The zero-order valence-electron chi connectivity index (χ0n) is 11.8. The minimum Gasteiger partial charge on any atom is -0.378 e. The van der Waals surface area contributed by atoms with Crippen molar-refractivity contribution in [1.82, 2.24) is 4.98 Å². The Morgan fingerprint density at radius 1 is 1.40 bits per heavy atom. The summed E-state index contributed by atoms with van der Waals surface area (Å²) in [5.74, 6) is 0.120. The summed E-state index contributed by atoms with van der Waals surface area (Å²) in [7, 11) is 0. The lowest BCUT2D eigenvalue weighted by Gasteiger charge is -2.09. The molecule has 1 aromatic carbocycles. The van der Waals surface area contributed by atoms with E-state index in [1.54, 1.807) is 0 Å². The first-order valence-electron chi connectivity index (χ1n) is 7.25. The van der Waals surface area contributed by atoms with Gasteiger partial charge in [0, 0.05) is 18.4 Å². The van der Waals surface area contributed by atoms with Gasteiger partial charge in [0.15, 0.2) is 5.78 Å². The monoisotopic (exact) mass is 269 g/mol. The zero-order chi connectivity index (χ0) is 13.9. The van der Waals surface area contributed by atoms with Gasteiger partial charge in [-0.05, 0) is 43.9 Å². The van der Waals surface area contributed by atoms with Crippen LogP contribution in [0.25, 0.3) is 10.9 Å². The van der Waals surface area contributed by atoms with Gasteiger partial charge in [-0.1, -0.05) is 18.2 Å². The van der Waals surface area contributed by atoms with Gasteiger partial charge in [-0.15, -0.1) is 0 Å². The third-order valence-corrected chi connectivity index (χ3v) is 3.93. The van der Waals surface area contributed by atoms with E-state index in [1.807, 2.05) is 37.3 Å². The molecule has 1 saturated heterocycles.